The number of para-hydroxylation sites is 1. The molecule has 2 aromatic carbocycles. The zero-order valence-electron chi connectivity index (χ0n) is 11.8. The van der Waals surface area contributed by atoms with Crippen LogP contribution < -0.4 is 4.90 Å². The number of benzene rings is 2. The predicted molar refractivity (Wildman–Crippen MR) is 88.9 cm³/mol. The Balaban J connectivity index is 2.54. The van der Waals surface area contributed by atoms with Crippen molar-refractivity contribution in [2.24, 2.45) is 0 Å². The van der Waals surface area contributed by atoms with E-state index in [0.29, 0.717) is 5.56 Å². The van der Waals surface area contributed by atoms with Crippen molar-refractivity contribution in [2.45, 2.75) is 0 Å². The molecule has 0 aliphatic heterocycles. The minimum atomic E-state index is 0.652. The van der Waals surface area contributed by atoms with Gasteiger partial charge in [-0.15, -0.1) is 0 Å². The lowest BCUT2D eigenvalue weighted by atomic mass is 10.1. The topological polar surface area (TPSA) is 20.3 Å². The maximum Gasteiger partial charge on any atom is 0.150 e. The van der Waals surface area contributed by atoms with Gasteiger partial charge in [-0.1, -0.05) is 37.4 Å². The van der Waals surface area contributed by atoms with Crippen molar-refractivity contribution in [1.82, 2.24) is 0 Å². The van der Waals surface area contributed by atoms with Gasteiger partial charge >= 0.3 is 0 Å². The lowest BCUT2D eigenvalue weighted by molar-refractivity contribution is 0.112. The molecule has 0 aliphatic rings. The number of nitrogens with zero attached hydrogens (tertiary/aromatic N) is 1. The molecule has 0 saturated heterocycles. The summed E-state index contributed by atoms with van der Waals surface area (Å²) in [6, 6.07) is 17.4. The number of allylic oxidation sites excluding steroid dienone is 3. The Kier molecular flexibility index (Phi) is 4.89. The van der Waals surface area contributed by atoms with Gasteiger partial charge in [0, 0.05) is 22.6 Å². The minimum Gasteiger partial charge on any atom is -0.311 e. The van der Waals surface area contributed by atoms with Crippen LogP contribution in [0, 0.1) is 0 Å². The number of carbonyl (C=O) groups excluding carboxylic acids is 1. The molecule has 0 amide bonds. The van der Waals surface area contributed by atoms with Gasteiger partial charge in [0.05, 0.1) is 0 Å². The monoisotopic (exact) mass is 275 g/mol. The Morgan fingerprint density at radius 3 is 2.05 bits per heavy atom. The van der Waals surface area contributed by atoms with Gasteiger partial charge in [0.1, 0.15) is 6.29 Å². The van der Waals surface area contributed by atoms with Gasteiger partial charge in [-0.05, 0) is 48.6 Å². The van der Waals surface area contributed by atoms with E-state index >= 15 is 0 Å². The van der Waals surface area contributed by atoms with Crippen molar-refractivity contribution in [1.29, 1.82) is 0 Å². The fourth-order valence-electron chi connectivity index (χ4n) is 2.08. The van der Waals surface area contributed by atoms with Crippen LogP contribution in [-0.4, -0.2) is 6.29 Å². The Bertz CT molecular complexity index is 654. The number of hydrogen-bond acceptors (Lipinski definition) is 2. The largest absolute Gasteiger partial charge is 0.311 e. The van der Waals surface area contributed by atoms with Crippen LogP contribution in [0.2, 0.25) is 0 Å². The van der Waals surface area contributed by atoms with E-state index in [1.165, 1.54) is 0 Å². The second-order valence-corrected chi connectivity index (χ2v) is 4.41. The van der Waals surface area contributed by atoms with Crippen molar-refractivity contribution in [3.63, 3.8) is 0 Å². The summed E-state index contributed by atoms with van der Waals surface area (Å²) in [5, 5.41) is 0. The SMILES string of the molecule is C=C/C=C(\C=C)N(c1ccccc1)c1ccc(C=O)cc1. The number of anilines is 2. The van der Waals surface area contributed by atoms with Crippen molar-refractivity contribution in [3.8, 4) is 0 Å². The highest BCUT2D eigenvalue weighted by Crippen LogP contribution is 2.30. The Hall–Kier alpha value is -2.87. The predicted octanol–water partition coefficient (Wildman–Crippen LogP) is 4.89. The van der Waals surface area contributed by atoms with Crippen LogP contribution in [0.3, 0.4) is 0 Å². The highest BCUT2D eigenvalue weighted by Gasteiger charge is 2.11. The van der Waals surface area contributed by atoms with E-state index < -0.39 is 0 Å². The zero-order chi connectivity index (χ0) is 15.1. The normalized spacial score (nSPS) is 10.8. The molecule has 0 heterocycles. The lowest BCUT2D eigenvalue weighted by Gasteiger charge is -2.26. The van der Waals surface area contributed by atoms with Gasteiger partial charge in [0.25, 0.3) is 0 Å². The smallest absolute Gasteiger partial charge is 0.150 e. The fraction of sp³-hybridized carbons (Fsp3) is 0. The molecule has 0 unspecified atom stereocenters. The number of carbonyl (C=O) groups is 1. The van der Waals surface area contributed by atoms with E-state index in [-0.39, 0.29) is 0 Å². The maximum absolute atomic E-state index is 10.8. The van der Waals surface area contributed by atoms with Crippen LogP contribution in [0.5, 0.6) is 0 Å². The molecule has 0 N–H and O–H groups in total. The second kappa shape index (κ2) is 7.06. The van der Waals surface area contributed by atoms with Gasteiger partial charge < -0.3 is 4.90 Å². The molecular formula is C19H17NO. The summed E-state index contributed by atoms with van der Waals surface area (Å²) in [6.45, 7) is 7.62. The molecule has 2 aromatic rings. The van der Waals surface area contributed by atoms with E-state index in [1.807, 2.05) is 48.5 Å². The van der Waals surface area contributed by atoms with Gasteiger partial charge in [0.15, 0.2) is 0 Å². The second-order valence-electron chi connectivity index (χ2n) is 4.41. The third kappa shape index (κ3) is 3.37. The first-order valence-corrected chi connectivity index (χ1v) is 6.65. The molecule has 0 saturated carbocycles. The Morgan fingerprint density at radius 1 is 0.905 bits per heavy atom. The quantitative estimate of drug-likeness (QED) is 0.552. The summed E-state index contributed by atoms with van der Waals surface area (Å²) in [6.07, 6.45) is 6.24. The van der Waals surface area contributed by atoms with Gasteiger partial charge in [-0.25, -0.2) is 0 Å². The van der Waals surface area contributed by atoms with E-state index in [1.54, 1.807) is 24.3 Å². The average Bonchev–Trinajstić information content (AvgIpc) is 2.56. The third-order valence-corrected chi connectivity index (χ3v) is 3.06. The molecule has 0 aromatic heterocycles. The molecule has 2 heteroatoms. The zero-order valence-corrected chi connectivity index (χ0v) is 11.8. The molecule has 0 bridgehead atoms. The number of aldehydes is 1. The van der Waals surface area contributed by atoms with E-state index in [9.17, 15) is 4.79 Å². The molecule has 0 radical (unpaired) electrons. The standard InChI is InChI=1S/C19H17NO/c1-3-8-17(4-2)20(18-9-6-5-7-10-18)19-13-11-16(15-21)12-14-19/h3-15H,1-2H2/b17-8+. The molecule has 0 atom stereocenters. The lowest BCUT2D eigenvalue weighted by Crippen LogP contribution is -2.14. The first-order chi connectivity index (χ1) is 10.3. The Labute approximate surface area is 125 Å². The van der Waals surface area contributed by atoms with Crippen LogP contribution in [0.4, 0.5) is 11.4 Å². The first-order valence-electron chi connectivity index (χ1n) is 6.65. The summed E-state index contributed by atoms with van der Waals surface area (Å²) in [5.74, 6) is 0. The highest BCUT2D eigenvalue weighted by molar-refractivity contribution is 5.77. The van der Waals surface area contributed by atoms with Crippen LogP contribution in [0.25, 0.3) is 0 Å². The van der Waals surface area contributed by atoms with Gasteiger partial charge in [-0.3, -0.25) is 4.79 Å². The molecule has 2 rings (SSSR count). The summed E-state index contributed by atoms with van der Waals surface area (Å²) < 4.78 is 0. The summed E-state index contributed by atoms with van der Waals surface area (Å²) in [7, 11) is 0. The van der Waals surface area contributed by atoms with Crippen LogP contribution >= 0.6 is 0 Å². The van der Waals surface area contributed by atoms with E-state index in [0.717, 1.165) is 23.4 Å². The minimum absolute atomic E-state index is 0.652. The van der Waals surface area contributed by atoms with Crippen LogP contribution in [-0.2, 0) is 0 Å². The van der Waals surface area contributed by atoms with Crippen molar-refractivity contribution >= 4 is 17.7 Å². The fourth-order valence-corrected chi connectivity index (χ4v) is 2.08. The Morgan fingerprint density at radius 2 is 1.52 bits per heavy atom. The molecule has 0 fully saturated rings. The average molecular weight is 275 g/mol. The molecule has 0 aliphatic carbocycles. The summed E-state index contributed by atoms with van der Waals surface area (Å²) >= 11 is 0. The number of hydrogen-bond donors (Lipinski definition) is 0. The van der Waals surface area contributed by atoms with E-state index in [2.05, 4.69) is 18.1 Å². The number of rotatable bonds is 6. The van der Waals surface area contributed by atoms with Crippen molar-refractivity contribution in [2.75, 3.05) is 4.90 Å². The van der Waals surface area contributed by atoms with Crippen LogP contribution in [0.1, 0.15) is 10.4 Å². The first kappa shape index (κ1) is 14.5. The highest BCUT2D eigenvalue weighted by atomic mass is 16.1. The molecule has 104 valence electrons. The third-order valence-electron chi connectivity index (χ3n) is 3.06. The molecule has 21 heavy (non-hydrogen) atoms. The maximum atomic E-state index is 10.8. The van der Waals surface area contributed by atoms with Gasteiger partial charge in [0.2, 0.25) is 0 Å². The van der Waals surface area contributed by atoms with Crippen molar-refractivity contribution in [3.05, 3.63) is 97.2 Å². The summed E-state index contributed by atoms with van der Waals surface area (Å²) in [4.78, 5) is 12.9. The molecule has 2 nitrogen and oxygen atoms in total. The van der Waals surface area contributed by atoms with Gasteiger partial charge in [-0.2, -0.15) is 0 Å². The molecular weight excluding hydrogens is 258 g/mol. The molecule has 0 spiro atoms. The van der Waals surface area contributed by atoms with E-state index in [4.69, 9.17) is 0 Å². The van der Waals surface area contributed by atoms with Crippen LogP contribution in [0.15, 0.2) is 91.7 Å². The summed E-state index contributed by atoms with van der Waals surface area (Å²) in [5.41, 5.74) is 3.54. The van der Waals surface area contributed by atoms with Crippen molar-refractivity contribution < 1.29 is 4.79 Å².